The van der Waals surface area contributed by atoms with E-state index in [0.717, 1.165) is 11.8 Å². The standard InChI is InChI=1S/C14H15ClN4O4S/c1-7-13(21)17-14(19-18-7)24-6-12(20)16-9-5-10(22-2)8(15)4-11(9)23-3/h4-5H,6H2,1-3H3,(H,16,20)(H,17,19,21). The molecule has 24 heavy (non-hydrogen) atoms. The van der Waals surface area contributed by atoms with E-state index in [-0.39, 0.29) is 28.1 Å². The van der Waals surface area contributed by atoms with Gasteiger partial charge in [0.25, 0.3) is 5.56 Å². The van der Waals surface area contributed by atoms with Gasteiger partial charge in [-0.3, -0.25) is 14.6 Å². The lowest BCUT2D eigenvalue weighted by molar-refractivity contribution is -0.113. The molecule has 1 heterocycles. The molecule has 0 radical (unpaired) electrons. The molecule has 0 atom stereocenters. The quantitative estimate of drug-likeness (QED) is 0.747. The van der Waals surface area contributed by atoms with Gasteiger partial charge in [-0.2, -0.15) is 0 Å². The van der Waals surface area contributed by atoms with E-state index >= 15 is 0 Å². The third kappa shape index (κ3) is 4.39. The SMILES string of the molecule is COc1cc(NC(=O)CSc2nnc(C)c(=O)[nH]2)c(OC)cc1Cl. The summed E-state index contributed by atoms with van der Waals surface area (Å²) in [6.45, 7) is 1.55. The minimum absolute atomic E-state index is 0.0295. The number of aromatic amines is 1. The molecule has 1 aromatic heterocycles. The number of rotatable bonds is 6. The minimum atomic E-state index is -0.336. The number of aryl methyl sites for hydroxylation is 1. The lowest BCUT2D eigenvalue weighted by Crippen LogP contribution is -2.17. The average molecular weight is 371 g/mol. The van der Waals surface area contributed by atoms with Gasteiger partial charge in [0.1, 0.15) is 17.2 Å². The van der Waals surface area contributed by atoms with Crippen molar-refractivity contribution in [3.63, 3.8) is 0 Å². The van der Waals surface area contributed by atoms with Crippen LogP contribution in [0.3, 0.4) is 0 Å². The van der Waals surface area contributed by atoms with Crippen molar-refractivity contribution < 1.29 is 14.3 Å². The number of anilines is 1. The summed E-state index contributed by atoms with van der Waals surface area (Å²) in [7, 11) is 2.94. The van der Waals surface area contributed by atoms with Gasteiger partial charge in [-0.25, -0.2) is 0 Å². The van der Waals surface area contributed by atoms with E-state index < -0.39 is 0 Å². The summed E-state index contributed by atoms with van der Waals surface area (Å²) in [5.41, 5.74) is 0.353. The summed E-state index contributed by atoms with van der Waals surface area (Å²) < 4.78 is 10.3. The number of hydrogen-bond donors (Lipinski definition) is 2. The summed E-state index contributed by atoms with van der Waals surface area (Å²) in [5.74, 6) is 0.532. The van der Waals surface area contributed by atoms with E-state index in [1.54, 1.807) is 19.1 Å². The fourth-order valence-corrected chi connectivity index (χ4v) is 2.56. The second-order valence-electron chi connectivity index (χ2n) is 4.57. The molecule has 0 aliphatic rings. The second kappa shape index (κ2) is 8.02. The first-order chi connectivity index (χ1) is 11.4. The van der Waals surface area contributed by atoms with Crippen LogP contribution in [0.1, 0.15) is 5.69 Å². The Morgan fingerprint density at radius 2 is 2.00 bits per heavy atom. The first kappa shape index (κ1) is 18.1. The number of ether oxygens (including phenoxy) is 2. The summed E-state index contributed by atoms with van der Waals surface area (Å²) in [5, 5.41) is 10.8. The van der Waals surface area contributed by atoms with Gasteiger partial charge in [0.2, 0.25) is 5.91 Å². The van der Waals surface area contributed by atoms with E-state index in [4.69, 9.17) is 21.1 Å². The zero-order valence-corrected chi connectivity index (χ0v) is 14.7. The van der Waals surface area contributed by atoms with Crippen LogP contribution in [-0.4, -0.2) is 41.1 Å². The number of benzene rings is 1. The second-order valence-corrected chi connectivity index (χ2v) is 5.94. The summed E-state index contributed by atoms with van der Waals surface area (Å²) >= 11 is 7.07. The molecule has 0 unspecified atom stereocenters. The Balaban J connectivity index is 2.06. The maximum Gasteiger partial charge on any atom is 0.273 e. The van der Waals surface area contributed by atoms with Gasteiger partial charge >= 0.3 is 0 Å². The van der Waals surface area contributed by atoms with Crippen molar-refractivity contribution in [2.45, 2.75) is 12.1 Å². The maximum absolute atomic E-state index is 12.1. The number of amides is 1. The number of carbonyl (C=O) groups excluding carboxylic acids is 1. The Hall–Kier alpha value is -2.26. The van der Waals surface area contributed by atoms with Crippen LogP contribution in [0.5, 0.6) is 11.5 Å². The first-order valence-electron chi connectivity index (χ1n) is 6.72. The number of nitrogens with one attached hydrogen (secondary N) is 2. The van der Waals surface area contributed by atoms with Gasteiger partial charge in [-0.15, -0.1) is 10.2 Å². The molecule has 0 fully saturated rings. The zero-order valence-electron chi connectivity index (χ0n) is 13.2. The molecule has 0 saturated heterocycles. The molecular formula is C14H15ClN4O4S. The Labute approximate surface area is 146 Å². The largest absolute Gasteiger partial charge is 0.495 e. The number of aromatic nitrogens is 3. The van der Waals surface area contributed by atoms with Crippen LogP contribution in [0.25, 0.3) is 0 Å². The highest BCUT2D eigenvalue weighted by atomic mass is 35.5. The molecule has 8 nitrogen and oxygen atoms in total. The van der Waals surface area contributed by atoms with Crippen LogP contribution >= 0.6 is 23.4 Å². The molecule has 0 saturated carbocycles. The third-order valence-electron chi connectivity index (χ3n) is 2.93. The first-order valence-corrected chi connectivity index (χ1v) is 8.08. The molecule has 0 bridgehead atoms. The molecule has 1 aromatic carbocycles. The summed E-state index contributed by atoms with van der Waals surface area (Å²) in [4.78, 5) is 26.1. The monoisotopic (exact) mass is 370 g/mol. The maximum atomic E-state index is 12.1. The van der Waals surface area contributed by atoms with Crippen LogP contribution in [-0.2, 0) is 4.79 Å². The van der Waals surface area contributed by atoms with Crippen molar-refractivity contribution in [3.8, 4) is 11.5 Å². The molecule has 128 valence electrons. The van der Waals surface area contributed by atoms with Crippen molar-refractivity contribution in [1.82, 2.24) is 15.2 Å². The molecule has 0 aliphatic carbocycles. The van der Waals surface area contributed by atoms with Gasteiger partial charge in [0.15, 0.2) is 5.16 Å². The smallest absolute Gasteiger partial charge is 0.273 e. The number of carbonyl (C=O) groups is 1. The van der Waals surface area contributed by atoms with Gasteiger partial charge in [-0.1, -0.05) is 23.4 Å². The number of halogens is 1. The molecule has 0 aliphatic heterocycles. The summed E-state index contributed by atoms with van der Waals surface area (Å²) in [6.07, 6.45) is 0. The highest BCUT2D eigenvalue weighted by molar-refractivity contribution is 7.99. The highest BCUT2D eigenvalue weighted by Gasteiger charge is 2.13. The van der Waals surface area contributed by atoms with Crippen molar-refractivity contribution in [3.05, 3.63) is 33.2 Å². The Kier molecular flexibility index (Phi) is 6.04. The predicted molar refractivity (Wildman–Crippen MR) is 91.3 cm³/mol. The van der Waals surface area contributed by atoms with Gasteiger partial charge in [-0.05, 0) is 6.92 Å². The normalized spacial score (nSPS) is 10.3. The van der Waals surface area contributed by atoms with Gasteiger partial charge < -0.3 is 14.8 Å². The van der Waals surface area contributed by atoms with Crippen molar-refractivity contribution in [2.24, 2.45) is 0 Å². The summed E-state index contributed by atoms with van der Waals surface area (Å²) in [6, 6.07) is 3.11. The van der Waals surface area contributed by atoms with E-state index in [1.165, 1.54) is 14.2 Å². The average Bonchev–Trinajstić information content (AvgIpc) is 2.57. The molecule has 2 rings (SSSR count). The fourth-order valence-electron chi connectivity index (χ4n) is 1.72. The van der Waals surface area contributed by atoms with E-state index in [9.17, 15) is 9.59 Å². The number of thioether (sulfide) groups is 1. The molecular weight excluding hydrogens is 356 g/mol. The predicted octanol–water partition coefficient (Wildman–Crippen LogP) is 1.87. The number of H-pyrrole nitrogens is 1. The topological polar surface area (TPSA) is 106 Å². The van der Waals surface area contributed by atoms with Crippen LogP contribution in [0.2, 0.25) is 5.02 Å². The van der Waals surface area contributed by atoms with Crippen LogP contribution < -0.4 is 20.3 Å². The van der Waals surface area contributed by atoms with E-state index in [2.05, 4.69) is 20.5 Å². The van der Waals surface area contributed by atoms with E-state index in [1.807, 2.05) is 0 Å². The molecule has 2 aromatic rings. The number of nitrogens with zero attached hydrogens (tertiary/aromatic N) is 2. The third-order valence-corrected chi connectivity index (χ3v) is 4.09. The number of methoxy groups -OCH3 is 2. The Bertz CT molecular complexity index is 812. The van der Waals surface area contributed by atoms with Gasteiger partial charge in [0.05, 0.1) is 30.7 Å². The highest BCUT2D eigenvalue weighted by Crippen LogP contribution is 2.35. The molecule has 1 amide bonds. The molecule has 10 heteroatoms. The lowest BCUT2D eigenvalue weighted by atomic mass is 10.2. The molecule has 0 spiro atoms. The van der Waals surface area contributed by atoms with Crippen molar-refractivity contribution in [2.75, 3.05) is 25.3 Å². The van der Waals surface area contributed by atoms with E-state index in [0.29, 0.717) is 22.2 Å². The van der Waals surface area contributed by atoms with Crippen molar-refractivity contribution in [1.29, 1.82) is 0 Å². The van der Waals surface area contributed by atoms with Crippen LogP contribution in [0, 0.1) is 6.92 Å². The van der Waals surface area contributed by atoms with Crippen LogP contribution in [0.15, 0.2) is 22.1 Å². The van der Waals surface area contributed by atoms with Gasteiger partial charge in [0, 0.05) is 12.1 Å². The molecule has 2 N–H and O–H groups in total. The zero-order chi connectivity index (χ0) is 17.7. The lowest BCUT2D eigenvalue weighted by Gasteiger charge is -2.13. The Morgan fingerprint density at radius 1 is 1.29 bits per heavy atom. The minimum Gasteiger partial charge on any atom is -0.495 e. The fraction of sp³-hybridized carbons (Fsp3) is 0.286. The number of hydrogen-bond acceptors (Lipinski definition) is 7. The van der Waals surface area contributed by atoms with Crippen LogP contribution in [0.4, 0.5) is 5.69 Å². The van der Waals surface area contributed by atoms with Crippen molar-refractivity contribution >= 4 is 35.0 Å². The Morgan fingerprint density at radius 3 is 2.62 bits per heavy atom.